The SMILES string of the molecule is CCCCCCCC(NC(=O)C(CCc1ccccc1)C(=O)NO)C(=O)NC(Cc1ccccc1)C(=O)NC. The first kappa shape index (κ1) is 31.5. The van der Waals surface area contributed by atoms with Crippen molar-refractivity contribution in [2.45, 2.75) is 76.8 Å². The zero-order valence-corrected chi connectivity index (χ0v) is 22.9. The van der Waals surface area contributed by atoms with Crippen LogP contribution < -0.4 is 21.4 Å². The van der Waals surface area contributed by atoms with Crippen LogP contribution in [0.3, 0.4) is 0 Å². The molecule has 3 unspecified atom stereocenters. The van der Waals surface area contributed by atoms with Crippen LogP contribution in [0.2, 0.25) is 0 Å². The lowest BCUT2D eigenvalue weighted by Gasteiger charge is -2.24. The van der Waals surface area contributed by atoms with Gasteiger partial charge in [-0.2, -0.15) is 0 Å². The van der Waals surface area contributed by atoms with E-state index in [1.165, 1.54) is 7.05 Å². The molecule has 0 bridgehead atoms. The predicted molar refractivity (Wildman–Crippen MR) is 150 cm³/mol. The van der Waals surface area contributed by atoms with E-state index < -0.39 is 35.7 Å². The maximum absolute atomic E-state index is 13.4. The third kappa shape index (κ3) is 11.3. The molecule has 0 aliphatic carbocycles. The van der Waals surface area contributed by atoms with E-state index in [4.69, 9.17) is 0 Å². The Labute approximate surface area is 231 Å². The summed E-state index contributed by atoms with van der Waals surface area (Å²) in [6, 6.07) is 17.0. The number of aryl methyl sites for hydroxylation is 1. The maximum Gasteiger partial charge on any atom is 0.255 e. The van der Waals surface area contributed by atoms with Gasteiger partial charge < -0.3 is 16.0 Å². The predicted octanol–water partition coefficient (Wildman–Crippen LogP) is 3.06. The Morgan fingerprint density at radius 3 is 1.87 bits per heavy atom. The molecule has 2 aromatic carbocycles. The number of hydroxylamine groups is 1. The quantitative estimate of drug-likeness (QED) is 0.0913. The fraction of sp³-hybridized carbons (Fsp3) is 0.467. The van der Waals surface area contributed by atoms with Crippen molar-refractivity contribution >= 4 is 23.6 Å². The average molecular weight is 539 g/mol. The first-order chi connectivity index (χ1) is 18.9. The largest absolute Gasteiger partial charge is 0.357 e. The van der Waals surface area contributed by atoms with Gasteiger partial charge in [0, 0.05) is 13.5 Å². The van der Waals surface area contributed by atoms with Crippen LogP contribution in [-0.2, 0) is 32.0 Å². The van der Waals surface area contributed by atoms with E-state index in [1.807, 2.05) is 60.7 Å². The lowest BCUT2D eigenvalue weighted by Crippen LogP contribution is -2.55. The molecule has 0 fully saturated rings. The fourth-order valence-corrected chi connectivity index (χ4v) is 4.41. The summed E-state index contributed by atoms with van der Waals surface area (Å²) in [5, 5.41) is 17.4. The highest BCUT2D eigenvalue weighted by Gasteiger charge is 2.31. The molecule has 0 radical (unpaired) electrons. The minimum Gasteiger partial charge on any atom is -0.357 e. The zero-order chi connectivity index (χ0) is 28.5. The molecule has 3 atom stereocenters. The van der Waals surface area contributed by atoms with Crippen LogP contribution in [0.4, 0.5) is 0 Å². The molecule has 4 amide bonds. The average Bonchev–Trinajstić information content (AvgIpc) is 2.96. The summed E-state index contributed by atoms with van der Waals surface area (Å²) in [6.07, 6.45) is 6.01. The minimum atomic E-state index is -1.19. The van der Waals surface area contributed by atoms with Crippen molar-refractivity contribution in [1.82, 2.24) is 21.4 Å². The number of carbonyl (C=O) groups is 4. The smallest absolute Gasteiger partial charge is 0.255 e. The minimum absolute atomic E-state index is 0.155. The van der Waals surface area contributed by atoms with Crippen molar-refractivity contribution in [2.24, 2.45) is 5.92 Å². The van der Waals surface area contributed by atoms with E-state index in [9.17, 15) is 24.4 Å². The normalized spacial score (nSPS) is 13.0. The number of rotatable bonds is 17. The Morgan fingerprint density at radius 1 is 0.692 bits per heavy atom. The van der Waals surface area contributed by atoms with E-state index in [0.29, 0.717) is 19.3 Å². The standard InChI is InChI=1S/C30H42N4O5/c1-3-4-5-6-13-18-25(30(38)33-26(29(37)31-2)21-23-16-11-8-12-17-23)32-27(35)24(28(36)34-39)20-19-22-14-9-7-10-15-22/h7-12,14-17,24-26,39H,3-6,13,18-21H2,1-2H3,(H,31,37)(H,32,35)(H,33,38)(H,34,36). The highest BCUT2D eigenvalue weighted by Crippen LogP contribution is 2.14. The second-order valence-corrected chi connectivity index (χ2v) is 9.68. The van der Waals surface area contributed by atoms with Crippen LogP contribution in [-0.4, -0.2) is 48.0 Å². The topological polar surface area (TPSA) is 137 Å². The molecule has 2 aromatic rings. The summed E-state index contributed by atoms with van der Waals surface area (Å²) >= 11 is 0. The van der Waals surface area contributed by atoms with E-state index in [1.54, 1.807) is 5.48 Å². The van der Waals surface area contributed by atoms with Crippen molar-refractivity contribution in [1.29, 1.82) is 0 Å². The molecule has 5 N–H and O–H groups in total. The molecule has 9 heteroatoms. The summed E-state index contributed by atoms with van der Waals surface area (Å²) < 4.78 is 0. The molecule has 39 heavy (non-hydrogen) atoms. The number of hydrogen-bond acceptors (Lipinski definition) is 5. The molecule has 0 aromatic heterocycles. The third-order valence-electron chi connectivity index (χ3n) is 6.70. The Kier molecular flexibility index (Phi) is 14.3. The van der Waals surface area contributed by atoms with Crippen molar-refractivity contribution < 1.29 is 24.4 Å². The van der Waals surface area contributed by atoms with Gasteiger partial charge >= 0.3 is 0 Å². The van der Waals surface area contributed by atoms with Crippen molar-refractivity contribution in [3.8, 4) is 0 Å². The van der Waals surface area contributed by atoms with Crippen LogP contribution in [0, 0.1) is 5.92 Å². The Morgan fingerprint density at radius 2 is 1.28 bits per heavy atom. The summed E-state index contributed by atoms with van der Waals surface area (Å²) in [7, 11) is 1.50. The van der Waals surface area contributed by atoms with Gasteiger partial charge in [-0.1, -0.05) is 99.7 Å². The molecular formula is C30H42N4O5. The highest BCUT2D eigenvalue weighted by atomic mass is 16.5. The fourth-order valence-electron chi connectivity index (χ4n) is 4.41. The second kappa shape index (κ2) is 17.7. The molecule has 0 spiro atoms. The molecule has 0 aliphatic heterocycles. The lowest BCUT2D eigenvalue weighted by atomic mass is 9.96. The number of unbranched alkanes of at least 4 members (excludes halogenated alkanes) is 4. The Hall–Kier alpha value is -3.72. The van der Waals surface area contributed by atoms with Crippen molar-refractivity contribution in [2.75, 3.05) is 7.05 Å². The van der Waals surface area contributed by atoms with Gasteiger partial charge in [-0.3, -0.25) is 24.4 Å². The molecule has 212 valence electrons. The van der Waals surface area contributed by atoms with Gasteiger partial charge in [0.2, 0.25) is 17.7 Å². The summed E-state index contributed by atoms with van der Waals surface area (Å²) in [6.45, 7) is 2.11. The zero-order valence-electron chi connectivity index (χ0n) is 22.9. The van der Waals surface area contributed by atoms with Gasteiger partial charge in [-0.25, -0.2) is 5.48 Å². The molecular weight excluding hydrogens is 496 g/mol. The van der Waals surface area contributed by atoms with Gasteiger partial charge in [-0.05, 0) is 30.4 Å². The van der Waals surface area contributed by atoms with Crippen LogP contribution >= 0.6 is 0 Å². The first-order valence-electron chi connectivity index (χ1n) is 13.7. The summed E-state index contributed by atoms with van der Waals surface area (Å²) in [5.74, 6) is -3.51. The number of benzene rings is 2. The number of likely N-dealkylation sites (N-methyl/N-ethyl adjacent to an activating group) is 1. The van der Waals surface area contributed by atoms with Gasteiger partial charge in [-0.15, -0.1) is 0 Å². The number of hydrogen-bond donors (Lipinski definition) is 5. The van der Waals surface area contributed by atoms with Gasteiger partial charge in [0.1, 0.15) is 18.0 Å². The number of carbonyl (C=O) groups excluding carboxylic acids is 4. The van der Waals surface area contributed by atoms with E-state index in [0.717, 1.165) is 36.8 Å². The first-order valence-corrected chi connectivity index (χ1v) is 13.7. The van der Waals surface area contributed by atoms with Crippen LogP contribution in [0.5, 0.6) is 0 Å². The summed E-state index contributed by atoms with van der Waals surface area (Å²) in [5.41, 5.74) is 3.41. The van der Waals surface area contributed by atoms with Gasteiger partial charge in [0.15, 0.2) is 0 Å². The summed E-state index contributed by atoms with van der Waals surface area (Å²) in [4.78, 5) is 51.6. The van der Waals surface area contributed by atoms with Crippen molar-refractivity contribution in [3.63, 3.8) is 0 Å². The Balaban J connectivity index is 2.16. The van der Waals surface area contributed by atoms with Gasteiger partial charge in [0.05, 0.1) is 0 Å². The molecule has 0 heterocycles. The van der Waals surface area contributed by atoms with E-state index >= 15 is 0 Å². The van der Waals surface area contributed by atoms with E-state index in [-0.39, 0.29) is 18.7 Å². The number of nitrogens with one attached hydrogen (secondary N) is 4. The number of amides is 4. The molecule has 0 aliphatic rings. The Bertz CT molecular complexity index is 1030. The monoisotopic (exact) mass is 538 g/mol. The van der Waals surface area contributed by atoms with Crippen LogP contribution in [0.15, 0.2) is 60.7 Å². The van der Waals surface area contributed by atoms with Crippen LogP contribution in [0.1, 0.15) is 63.0 Å². The second-order valence-electron chi connectivity index (χ2n) is 9.68. The molecule has 0 saturated heterocycles. The van der Waals surface area contributed by atoms with Crippen molar-refractivity contribution in [3.05, 3.63) is 71.8 Å². The van der Waals surface area contributed by atoms with E-state index in [2.05, 4.69) is 22.9 Å². The lowest BCUT2D eigenvalue weighted by molar-refractivity contribution is -0.142. The molecule has 9 nitrogen and oxygen atoms in total. The highest BCUT2D eigenvalue weighted by molar-refractivity contribution is 6.01. The van der Waals surface area contributed by atoms with Crippen LogP contribution in [0.25, 0.3) is 0 Å². The third-order valence-corrected chi connectivity index (χ3v) is 6.70. The maximum atomic E-state index is 13.4. The van der Waals surface area contributed by atoms with Gasteiger partial charge in [0.25, 0.3) is 5.91 Å². The molecule has 2 rings (SSSR count). The molecule has 0 saturated carbocycles.